The molecule has 0 radical (unpaired) electrons. The van der Waals surface area contributed by atoms with Gasteiger partial charge in [0.2, 0.25) is 0 Å². The molecule has 0 saturated heterocycles. The zero-order chi connectivity index (χ0) is 13.1. The predicted molar refractivity (Wildman–Crippen MR) is 65.1 cm³/mol. The smallest absolute Gasteiger partial charge is 0.129 e. The van der Waals surface area contributed by atoms with E-state index in [4.69, 9.17) is 0 Å². The molecule has 0 aliphatic heterocycles. The van der Waals surface area contributed by atoms with Crippen molar-refractivity contribution in [2.24, 2.45) is 7.05 Å². The van der Waals surface area contributed by atoms with E-state index in [1.807, 2.05) is 6.07 Å². The molecule has 0 aliphatic carbocycles. The number of rotatable bonds is 4. The SMILES string of the molecule is CNC(Cc1c(F)cccc1F)c1ccnn1C. The van der Waals surface area contributed by atoms with Crippen LogP contribution < -0.4 is 5.32 Å². The van der Waals surface area contributed by atoms with Gasteiger partial charge < -0.3 is 5.32 Å². The van der Waals surface area contributed by atoms with Crippen LogP contribution in [0.2, 0.25) is 0 Å². The highest BCUT2D eigenvalue weighted by Crippen LogP contribution is 2.21. The largest absolute Gasteiger partial charge is 0.311 e. The molecule has 0 fully saturated rings. The maximum Gasteiger partial charge on any atom is 0.129 e. The van der Waals surface area contributed by atoms with Crippen LogP contribution >= 0.6 is 0 Å². The number of nitrogens with zero attached hydrogens (tertiary/aromatic N) is 2. The monoisotopic (exact) mass is 251 g/mol. The number of likely N-dealkylation sites (N-methyl/N-ethyl adjacent to an activating group) is 1. The summed E-state index contributed by atoms with van der Waals surface area (Å²) in [5.41, 5.74) is 0.984. The van der Waals surface area contributed by atoms with Crippen molar-refractivity contribution in [3.8, 4) is 0 Å². The molecule has 1 N–H and O–H groups in total. The predicted octanol–water partition coefficient (Wildman–Crippen LogP) is 2.20. The van der Waals surface area contributed by atoms with E-state index in [1.165, 1.54) is 18.2 Å². The Kier molecular flexibility index (Phi) is 3.72. The van der Waals surface area contributed by atoms with Crippen LogP contribution in [-0.4, -0.2) is 16.8 Å². The molecule has 1 unspecified atom stereocenters. The van der Waals surface area contributed by atoms with Crippen LogP contribution in [0.1, 0.15) is 17.3 Å². The van der Waals surface area contributed by atoms with Crippen LogP contribution in [0.4, 0.5) is 8.78 Å². The Morgan fingerprint density at radius 1 is 1.28 bits per heavy atom. The maximum absolute atomic E-state index is 13.6. The topological polar surface area (TPSA) is 29.9 Å². The second-order valence-corrected chi connectivity index (χ2v) is 4.13. The minimum atomic E-state index is -0.516. The van der Waals surface area contributed by atoms with Gasteiger partial charge in [0.05, 0.1) is 11.7 Å². The fourth-order valence-corrected chi connectivity index (χ4v) is 2.01. The van der Waals surface area contributed by atoms with Crippen molar-refractivity contribution < 1.29 is 8.78 Å². The highest BCUT2D eigenvalue weighted by molar-refractivity contribution is 5.22. The van der Waals surface area contributed by atoms with Crippen LogP contribution in [0, 0.1) is 11.6 Å². The molecule has 1 heterocycles. The zero-order valence-corrected chi connectivity index (χ0v) is 10.3. The first kappa shape index (κ1) is 12.7. The third-order valence-electron chi connectivity index (χ3n) is 3.03. The molecule has 1 atom stereocenters. The summed E-state index contributed by atoms with van der Waals surface area (Å²) in [6, 6.07) is 5.57. The van der Waals surface area contributed by atoms with Gasteiger partial charge in [-0.1, -0.05) is 6.07 Å². The maximum atomic E-state index is 13.6. The third kappa shape index (κ3) is 2.41. The van der Waals surface area contributed by atoms with E-state index in [-0.39, 0.29) is 18.0 Å². The van der Waals surface area contributed by atoms with Gasteiger partial charge in [0.25, 0.3) is 0 Å². The molecular formula is C13H15F2N3. The van der Waals surface area contributed by atoms with E-state index in [0.29, 0.717) is 0 Å². The molecule has 0 saturated carbocycles. The number of benzene rings is 1. The minimum Gasteiger partial charge on any atom is -0.311 e. The van der Waals surface area contributed by atoms with Gasteiger partial charge >= 0.3 is 0 Å². The van der Waals surface area contributed by atoms with Crippen molar-refractivity contribution >= 4 is 0 Å². The van der Waals surface area contributed by atoms with Crippen LogP contribution in [-0.2, 0) is 13.5 Å². The molecule has 5 heteroatoms. The third-order valence-corrected chi connectivity index (χ3v) is 3.03. The summed E-state index contributed by atoms with van der Waals surface area (Å²) in [6.45, 7) is 0. The summed E-state index contributed by atoms with van der Waals surface area (Å²) < 4.78 is 28.9. The Labute approximate surface area is 104 Å². The average Bonchev–Trinajstić information content (AvgIpc) is 2.76. The summed E-state index contributed by atoms with van der Waals surface area (Å²) in [5, 5.41) is 7.12. The quantitative estimate of drug-likeness (QED) is 0.902. The highest BCUT2D eigenvalue weighted by atomic mass is 19.1. The number of halogens is 2. The Balaban J connectivity index is 2.29. The molecular weight excluding hydrogens is 236 g/mol. The van der Waals surface area contributed by atoms with Gasteiger partial charge in [-0.25, -0.2) is 8.78 Å². The molecule has 2 rings (SSSR count). The van der Waals surface area contributed by atoms with Crippen LogP contribution in [0.5, 0.6) is 0 Å². The highest BCUT2D eigenvalue weighted by Gasteiger charge is 2.18. The molecule has 18 heavy (non-hydrogen) atoms. The standard InChI is InChI=1S/C13H15F2N3/c1-16-12(13-6-7-17-18(13)2)8-9-10(14)4-3-5-11(9)15/h3-7,12,16H,8H2,1-2H3. The number of aryl methyl sites for hydroxylation is 1. The van der Waals surface area contributed by atoms with Crippen LogP contribution in [0.3, 0.4) is 0 Å². The molecule has 3 nitrogen and oxygen atoms in total. The van der Waals surface area contributed by atoms with Gasteiger partial charge in [-0.15, -0.1) is 0 Å². The second-order valence-electron chi connectivity index (χ2n) is 4.13. The first-order valence-corrected chi connectivity index (χ1v) is 5.71. The summed E-state index contributed by atoms with van der Waals surface area (Å²) in [6.07, 6.45) is 1.91. The molecule has 0 spiro atoms. The zero-order valence-electron chi connectivity index (χ0n) is 10.3. The fraction of sp³-hybridized carbons (Fsp3) is 0.308. The van der Waals surface area contributed by atoms with Gasteiger partial charge in [-0.2, -0.15) is 5.10 Å². The molecule has 96 valence electrons. The van der Waals surface area contributed by atoms with Gasteiger partial charge in [0.15, 0.2) is 0 Å². The lowest BCUT2D eigenvalue weighted by atomic mass is 10.0. The molecule has 1 aromatic heterocycles. The molecule has 0 aliphatic rings. The van der Waals surface area contributed by atoms with E-state index in [9.17, 15) is 8.78 Å². The average molecular weight is 251 g/mol. The van der Waals surface area contributed by atoms with Gasteiger partial charge in [-0.3, -0.25) is 4.68 Å². The van der Waals surface area contributed by atoms with Crippen LogP contribution in [0.15, 0.2) is 30.5 Å². The van der Waals surface area contributed by atoms with E-state index in [1.54, 1.807) is 25.0 Å². The molecule has 0 bridgehead atoms. The lowest BCUT2D eigenvalue weighted by Gasteiger charge is -2.17. The Bertz CT molecular complexity index is 517. The van der Waals surface area contributed by atoms with E-state index in [2.05, 4.69) is 10.4 Å². The van der Waals surface area contributed by atoms with Crippen molar-refractivity contribution in [2.45, 2.75) is 12.5 Å². The lowest BCUT2D eigenvalue weighted by molar-refractivity contribution is 0.494. The van der Waals surface area contributed by atoms with E-state index >= 15 is 0 Å². The van der Waals surface area contributed by atoms with E-state index < -0.39 is 11.6 Å². The summed E-state index contributed by atoms with van der Waals surface area (Å²) >= 11 is 0. The Hall–Kier alpha value is -1.75. The Morgan fingerprint density at radius 3 is 2.44 bits per heavy atom. The van der Waals surface area contributed by atoms with Crippen molar-refractivity contribution in [2.75, 3.05) is 7.05 Å². The van der Waals surface area contributed by atoms with Crippen molar-refractivity contribution in [1.82, 2.24) is 15.1 Å². The van der Waals surface area contributed by atoms with Gasteiger partial charge in [0, 0.05) is 18.8 Å². The normalized spacial score (nSPS) is 12.7. The summed E-state index contributed by atoms with van der Waals surface area (Å²) in [4.78, 5) is 0. The second kappa shape index (κ2) is 5.27. The number of nitrogens with one attached hydrogen (secondary N) is 1. The minimum absolute atomic E-state index is 0.0954. The Morgan fingerprint density at radius 2 is 1.94 bits per heavy atom. The number of hydrogen-bond acceptors (Lipinski definition) is 2. The first-order chi connectivity index (χ1) is 8.63. The molecule has 2 aromatic rings. The summed E-state index contributed by atoms with van der Waals surface area (Å²) in [7, 11) is 3.56. The van der Waals surface area contributed by atoms with Crippen molar-refractivity contribution in [1.29, 1.82) is 0 Å². The number of hydrogen-bond donors (Lipinski definition) is 1. The lowest BCUT2D eigenvalue weighted by Crippen LogP contribution is -2.22. The van der Waals surface area contributed by atoms with Crippen LogP contribution in [0.25, 0.3) is 0 Å². The van der Waals surface area contributed by atoms with E-state index in [0.717, 1.165) is 5.69 Å². The first-order valence-electron chi connectivity index (χ1n) is 5.71. The molecule has 0 amide bonds. The van der Waals surface area contributed by atoms with Crippen molar-refractivity contribution in [3.05, 3.63) is 53.4 Å². The van der Waals surface area contributed by atoms with Gasteiger partial charge in [0.1, 0.15) is 11.6 Å². The molecule has 1 aromatic carbocycles. The fourth-order valence-electron chi connectivity index (χ4n) is 2.01. The summed E-state index contributed by atoms with van der Waals surface area (Å²) in [5.74, 6) is -1.03. The number of aromatic nitrogens is 2. The van der Waals surface area contributed by atoms with Crippen molar-refractivity contribution in [3.63, 3.8) is 0 Å². The van der Waals surface area contributed by atoms with Gasteiger partial charge in [-0.05, 0) is 31.7 Å².